The van der Waals surface area contributed by atoms with E-state index in [0.717, 1.165) is 27.1 Å². The zero-order chi connectivity index (χ0) is 14.0. The number of nitrogens with one attached hydrogen (secondary N) is 1. The number of fused-ring (bicyclic) bond motifs is 1. The number of nitrogens with zero attached hydrogens (tertiary/aromatic N) is 1. The Balaban J connectivity index is 0.00000200. The molecule has 0 bridgehead atoms. The van der Waals surface area contributed by atoms with Crippen LogP contribution in [0, 0.1) is 12.3 Å². The maximum atomic E-state index is 7.52. The van der Waals surface area contributed by atoms with Gasteiger partial charge < -0.3 is 5.73 Å². The van der Waals surface area contributed by atoms with E-state index in [0.29, 0.717) is 11.4 Å². The summed E-state index contributed by atoms with van der Waals surface area (Å²) in [5, 5.41) is 9.11. The van der Waals surface area contributed by atoms with E-state index in [1.54, 1.807) is 0 Å². The molecule has 0 aliphatic heterocycles. The second-order valence-corrected chi connectivity index (χ2v) is 5.56. The number of nitrogens with two attached hydrogens (primary N) is 1. The van der Waals surface area contributed by atoms with Crippen molar-refractivity contribution in [2.45, 2.75) is 18.2 Å². The number of rotatable bonds is 3. The molecule has 0 saturated carbocycles. The maximum absolute atomic E-state index is 7.52. The van der Waals surface area contributed by atoms with Crippen molar-refractivity contribution in [2.24, 2.45) is 5.73 Å². The van der Waals surface area contributed by atoms with Crippen molar-refractivity contribution >= 4 is 51.8 Å². The summed E-state index contributed by atoms with van der Waals surface area (Å²) in [6.07, 6.45) is 2.52. The molecule has 0 radical (unpaired) electrons. The predicted molar refractivity (Wildman–Crippen MR) is 90.4 cm³/mol. The van der Waals surface area contributed by atoms with Gasteiger partial charge in [-0.2, -0.15) is 0 Å². The van der Waals surface area contributed by atoms with Gasteiger partial charge in [0.25, 0.3) is 0 Å². The van der Waals surface area contributed by atoms with E-state index in [4.69, 9.17) is 22.7 Å². The Kier molecular flexibility index (Phi) is 5.87. The van der Waals surface area contributed by atoms with Crippen molar-refractivity contribution in [2.75, 3.05) is 0 Å². The lowest BCUT2D eigenvalue weighted by Gasteiger charge is -2.14. The summed E-state index contributed by atoms with van der Waals surface area (Å²) in [6.45, 7) is 5.70. The van der Waals surface area contributed by atoms with Crippen molar-refractivity contribution in [3.63, 3.8) is 0 Å². The summed E-state index contributed by atoms with van der Waals surface area (Å²) >= 11 is 7.42. The highest BCUT2D eigenvalue weighted by Gasteiger charge is 2.14. The highest BCUT2D eigenvalue weighted by Crippen LogP contribution is 2.35. The van der Waals surface area contributed by atoms with E-state index in [1.165, 1.54) is 11.8 Å². The molecule has 0 atom stereocenters. The summed E-state index contributed by atoms with van der Waals surface area (Å²) in [5.74, 6) is 0. The Morgan fingerprint density at radius 1 is 1.55 bits per heavy atom. The van der Waals surface area contributed by atoms with Crippen LogP contribution in [0.4, 0.5) is 0 Å². The number of aromatic nitrogens is 1. The van der Waals surface area contributed by atoms with Gasteiger partial charge in [-0.1, -0.05) is 41.6 Å². The van der Waals surface area contributed by atoms with Crippen LogP contribution in [0.1, 0.15) is 11.3 Å². The van der Waals surface area contributed by atoms with Crippen molar-refractivity contribution in [3.8, 4) is 0 Å². The third kappa shape index (κ3) is 3.26. The van der Waals surface area contributed by atoms with E-state index in [2.05, 4.69) is 11.6 Å². The minimum atomic E-state index is 0. The van der Waals surface area contributed by atoms with Gasteiger partial charge in [-0.05, 0) is 25.0 Å². The number of allylic oxidation sites excluding steroid dienone is 1. The second kappa shape index (κ2) is 6.97. The smallest absolute Gasteiger partial charge is 0.155 e. The standard InChI is InChI=1S/C14H14ClN3S.ClH/c1-3-5-9-8(2)18-12-10(6-4-7-11(12)15)13(9)19-14(16)17;/h3-4,6-7H,1,5H2,2H3,(H3,16,17);1H. The van der Waals surface area contributed by atoms with Gasteiger partial charge in [-0.25, -0.2) is 0 Å². The van der Waals surface area contributed by atoms with E-state index in [-0.39, 0.29) is 17.6 Å². The zero-order valence-electron chi connectivity index (χ0n) is 10.9. The summed E-state index contributed by atoms with van der Waals surface area (Å²) in [5.41, 5.74) is 8.22. The fourth-order valence-electron chi connectivity index (χ4n) is 1.99. The summed E-state index contributed by atoms with van der Waals surface area (Å²) < 4.78 is 0. The van der Waals surface area contributed by atoms with Crippen molar-refractivity contribution < 1.29 is 0 Å². The third-order valence-electron chi connectivity index (χ3n) is 2.78. The minimum Gasteiger partial charge on any atom is -0.378 e. The summed E-state index contributed by atoms with van der Waals surface area (Å²) in [4.78, 5) is 5.50. The largest absolute Gasteiger partial charge is 0.378 e. The number of para-hydroxylation sites is 1. The first-order valence-corrected chi connectivity index (χ1v) is 6.94. The highest BCUT2D eigenvalue weighted by molar-refractivity contribution is 8.13. The van der Waals surface area contributed by atoms with Gasteiger partial charge in [0, 0.05) is 16.0 Å². The predicted octanol–water partition coefficient (Wildman–Crippen LogP) is 4.33. The van der Waals surface area contributed by atoms with E-state index in [9.17, 15) is 0 Å². The van der Waals surface area contributed by atoms with Crippen LogP contribution in [-0.4, -0.2) is 10.2 Å². The number of pyridine rings is 1. The molecule has 0 unspecified atom stereocenters. The van der Waals surface area contributed by atoms with Crippen molar-refractivity contribution in [1.82, 2.24) is 4.98 Å². The first kappa shape index (κ1) is 16.8. The van der Waals surface area contributed by atoms with Crippen LogP contribution in [0.5, 0.6) is 0 Å². The normalized spacial score (nSPS) is 10.1. The molecule has 3 N–H and O–H groups in total. The molecule has 20 heavy (non-hydrogen) atoms. The third-order valence-corrected chi connectivity index (χ3v) is 3.98. The van der Waals surface area contributed by atoms with Crippen molar-refractivity contribution in [1.29, 1.82) is 5.41 Å². The Morgan fingerprint density at radius 3 is 2.85 bits per heavy atom. The molecule has 1 heterocycles. The fraction of sp³-hybridized carbons (Fsp3) is 0.143. The van der Waals surface area contributed by atoms with Gasteiger partial charge >= 0.3 is 0 Å². The average Bonchev–Trinajstić information content (AvgIpc) is 2.34. The van der Waals surface area contributed by atoms with Crippen LogP contribution in [0.15, 0.2) is 35.7 Å². The average molecular weight is 328 g/mol. The number of benzene rings is 1. The molecule has 1 aromatic heterocycles. The van der Waals surface area contributed by atoms with Crippen LogP contribution in [0.3, 0.4) is 0 Å². The second-order valence-electron chi connectivity index (χ2n) is 4.10. The number of halogens is 2. The number of aryl methyl sites for hydroxylation is 1. The molecule has 2 rings (SSSR count). The molecule has 0 fully saturated rings. The highest BCUT2D eigenvalue weighted by atomic mass is 35.5. The Labute approximate surface area is 133 Å². The van der Waals surface area contributed by atoms with Gasteiger partial charge in [-0.3, -0.25) is 10.4 Å². The molecular weight excluding hydrogens is 313 g/mol. The van der Waals surface area contributed by atoms with Crippen LogP contribution >= 0.6 is 35.8 Å². The fourth-order valence-corrected chi connectivity index (χ4v) is 3.05. The number of hydrogen-bond acceptors (Lipinski definition) is 3. The SMILES string of the molecule is C=CCc1c(C)nc2c(Cl)cccc2c1SC(=N)N.Cl. The van der Waals surface area contributed by atoms with Gasteiger partial charge in [0.15, 0.2) is 5.17 Å². The minimum absolute atomic E-state index is 0. The molecule has 6 heteroatoms. The zero-order valence-corrected chi connectivity index (χ0v) is 13.3. The van der Waals surface area contributed by atoms with Gasteiger partial charge in [-0.15, -0.1) is 19.0 Å². The first-order chi connectivity index (χ1) is 9.04. The van der Waals surface area contributed by atoms with Gasteiger partial charge in [0.05, 0.1) is 10.5 Å². The molecule has 0 aliphatic rings. The lowest BCUT2D eigenvalue weighted by molar-refractivity contribution is 1.09. The number of amidine groups is 1. The summed E-state index contributed by atoms with van der Waals surface area (Å²) in [6, 6.07) is 5.64. The van der Waals surface area contributed by atoms with Crippen LogP contribution in [-0.2, 0) is 6.42 Å². The molecule has 0 amide bonds. The van der Waals surface area contributed by atoms with E-state index < -0.39 is 0 Å². The summed E-state index contributed by atoms with van der Waals surface area (Å²) in [7, 11) is 0. The monoisotopic (exact) mass is 327 g/mol. The van der Waals surface area contributed by atoms with Crippen molar-refractivity contribution in [3.05, 3.63) is 47.1 Å². The van der Waals surface area contributed by atoms with Crippen LogP contribution in [0.25, 0.3) is 10.9 Å². The number of hydrogen-bond donors (Lipinski definition) is 2. The Morgan fingerprint density at radius 2 is 2.25 bits per heavy atom. The molecule has 0 saturated heterocycles. The van der Waals surface area contributed by atoms with E-state index >= 15 is 0 Å². The lowest BCUT2D eigenvalue weighted by Crippen LogP contribution is -2.06. The molecule has 2 aromatic rings. The first-order valence-electron chi connectivity index (χ1n) is 5.75. The Hall–Kier alpha value is -1.23. The maximum Gasteiger partial charge on any atom is 0.155 e. The Bertz CT molecular complexity index is 671. The topological polar surface area (TPSA) is 62.8 Å². The number of thioether (sulfide) groups is 1. The van der Waals surface area contributed by atoms with Gasteiger partial charge in [0.1, 0.15) is 0 Å². The van der Waals surface area contributed by atoms with E-state index in [1.807, 2.05) is 31.2 Å². The molecular formula is C14H15Cl2N3S. The molecule has 106 valence electrons. The quantitative estimate of drug-likeness (QED) is 0.381. The lowest BCUT2D eigenvalue weighted by atomic mass is 10.1. The molecule has 3 nitrogen and oxygen atoms in total. The van der Waals surface area contributed by atoms with Crippen LogP contribution < -0.4 is 5.73 Å². The molecule has 0 spiro atoms. The molecule has 1 aromatic carbocycles. The molecule has 0 aliphatic carbocycles. The van der Waals surface area contributed by atoms with Gasteiger partial charge in [0.2, 0.25) is 0 Å². The van der Waals surface area contributed by atoms with Crippen LogP contribution in [0.2, 0.25) is 5.02 Å².